The van der Waals surface area contributed by atoms with Crippen molar-refractivity contribution in [2.75, 3.05) is 0 Å². The first kappa shape index (κ1) is 13.2. The lowest BCUT2D eigenvalue weighted by atomic mass is 9.95. The summed E-state index contributed by atoms with van der Waals surface area (Å²) in [5.41, 5.74) is -3.68. The summed E-state index contributed by atoms with van der Waals surface area (Å²) in [6.07, 6.45) is 0. The molecule has 0 spiro atoms. The number of phenolic OH excluding ortho intramolecular Hbond substituents is 1. The molecule has 23 heavy (non-hydrogen) atoms. The van der Waals surface area contributed by atoms with Crippen LogP contribution in [0.1, 0.15) is 0 Å². The maximum atomic E-state index is 12.0. The highest BCUT2D eigenvalue weighted by Crippen LogP contribution is 2.37. The molecule has 0 atom stereocenters. The molecule has 7 heteroatoms. The first-order chi connectivity index (χ1) is 11.0. The van der Waals surface area contributed by atoms with Crippen molar-refractivity contribution in [2.24, 2.45) is 0 Å². The van der Waals surface area contributed by atoms with E-state index in [4.69, 9.17) is 0 Å². The van der Waals surface area contributed by atoms with Gasteiger partial charge in [0.1, 0.15) is 16.5 Å². The minimum absolute atomic E-state index is 0.0418. The summed E-state index contributed by atoms with van der Waals surface area (Å²) >= 11 is 0. The standard InChI is InChI=1S/C16H6O7/c17-12-10-8(13(18)22-15(10)20)7(6-4-2-1-3-5-6)9-11(12)16(21)23-14(9)19/h1-5,17H. The zero-order valence-corrected chi connectivity index (χ0v) is 11.3. The van der Waals surface area contributed by atoms with Gasteiger partial charge in [0, 0.05) is 5.56 Å². The molecular weight excluding hydrogens is 304 g/mol. The van der Waals surface area contributed by atoms with Crippen LogP contribution in [0.5, 0.6) is 5.75 Å². The van der Waals surface area contributed by atoms with Gasteiger partial charge in [-0.3, -0.25) is 0 Å². The summed E-state index contributed by atoms with van der Waals surface area (Å²) in [6.45, 7) is 0. The first-order valence-corrected chi connectivity index (χ1v) is 6.52. The number of hydrogen-bond acceptors (Lipinski definition) is 7. The fraction of sp³-hybridized carbons (Fsp3) is 0. The number of fused-ring (bicyclic) bond motifs is 2. The summed E-state index contributed by atoms with van der Waals surface area (Å²) in [5.74, 6) is -0.776. The Morgan fingerprint density at radius 2 is 1.09 bits per heavy atom. The minimum Gasteiger partial charge on any atom is -0.506 e. The Kier molecular flexibility index (Phi) is 2.45. The summed E-state index contributed by atoms with van der Waals surface area (Å²) in [6, 6.07) is 8.23. The maximum absolute atomic E-state index is 12.0. The van der Waals surface area contributed by atoms with Gasteiger partial charge in [-0.2, -0.15) is 0 Å². The molecular formula is C16H6O7. The molecule has 0 amide bonds. The van der Waals surface area contributed by atoms with E-state index in [2.05, 4.69) is 8.83 Å². The number of phenols is 1. The van der Waals surface area contributed by atoms with E-state index in [9.17, 15) is 24.3 Å². The van der Waals surface area contributed by atoms with Gasteiger partial charge in [0.15, 0.2) is 0 Å². The van der Waals surface area contributed by atoms with E-state index in [0.29, 0.717) is 5.56 Å². The van der Waals surface area contributed by atoms with Crippen molar-refractivity contribution in [1.29, 1.82) is 0 Å². The zero-order valence-electron chi connectivity index (χ0n) is 11.3. The van der Waals surface area contributed by atoms with E-state index >= 15 is 0 Å². The van der Waals surface area contributed by atoms with E-state index in [-0.39, 0.29) is 16.3 Å². The van der Waals surface area contributed by atoms with E-state index in [1.54, 1.807) is 30.3 Å². The van der Waals surface area contributed by atoms with Crippen LogP contribution in [0.15, 0.2) is 58.3 Å². The lowest BCUT2D eigenvalue weighted by Gasteiger charge is -2.04. The number of furan rings is 2. The molecule has 0 unspecified atom stereocenters. The second kappa shape index (κ2) is 4.26. The van der Waals surface area contributed by atoms with Crippen molar-refractivity contribution >= 4 is 21.5 Å². The highest BCUT2D eigenvalue weighted by molar-refractivity contribution is 6.15. The molecule has 2 heterocycles. The quantitative estimate of drug-likeness (QED) is 0.554. The van der Waals surface area contributed by atoms with Gasteiger partial charge >= 0.3 is 22.5 Å². The van der Waals surface area contributed by atoms with Crippen LogP contribution < -0.4 is 22.5 Å². The lowest BCUT2D eigenvalue weighted by Crippen LogP contribution is -2.00. The molecule has 0 saturated heterocycles. The molecule has 0 fully saturated rings. The fourth-order valence-corrected chi connectivity index (χ4v) is 2.81. The average molecular weight is 310 g/mol. The van der Waals surface area contributed by atoms with Crippen molar-refractivity contribution in [2.45, 2.75) is 0 Å². The Labute approximate surface area is 125 Å². The third-order valence-corrected chi connectivity index (χ3v) is 3.72. The molecule has 0 aliphatic rings. The molecule has 0 aliphatic carbocycles. The monoisotopic (exact) mass is 310 g/mol. The van der Waals surface area contributed by atoms with E-state index in [1.807, 2.05) is 0 Å². The number of rotatable bonds is 1. The van der Waals surface area contributed by atoms with Crippen LogP contribution in [0.3, 0.4) is 0 Å². The van der Waals surface area contributed by atoms with Crippen molar-refractivity contribution in [3.8, 4) is 16.9 Å². The fourth-order valence-electron chi connectivity index (χ4n) is 2.81. The predicted molar refractivity (Wildman–Crippen MR) is 80.5 cm³/mol. The van der Waals surface area contributed by atoms with Gasteiger partial charge in [0.25, 0.3) is 0 Å². The van der Waals surface area contributed by atoms with Gasteiger partial charge < -0.3 is 13.9 Å². The lowest BCUT2D eigenvalue weighted by molar-refractivity contribution is 0.474. The summed E-state index contributed by atoms with van der Waals surface area (Å²) in [4.78, 5) is 47.7. The molecule has 0 bridgehead atoms. The topological polar surface area (TPSA) is 115 Å². The van der Waals surface area contributed by atoms with Crippen LogP contribution in [0.25, 0.3) is 32.7 Å². The third kappa shape index (κ3) is 1.58. The average Bonchev–Trinajstić information content (AvgIpc) is 2.98. The SMILES string of the molecule is O=c1oc(=O)c2c(-c3ccccc3)c3c(=O)oc(=O)c3c(O)c12. The molecule has 7 nitrogen and oxygen atoms in total. The highest BCUT2D eigenvalue weighted by Gasteiger charge is 2.27. The molecule has 2 aromatic carbocycles. The summed E-state index contributed by atoms with van der Waals surface area (Å²) in [7, 11) is 0. The van der Waals surface area contributed by atoms with Gasteiger partial charge in [-0.05, 0) is 5.56 Å². The van der Waals surface area contributed by atoms with Gasteiger partial charge in [0.05, 0.1) is 10.8 Å². The maximum Gasteiger partial charge on any atom is 0.350 e. The number of hydrogen-bond donors (Lipinski definition) is 1. The molecule has 0 aliphatic heterocycles. The molecule has 2 aromatic heterocycles. The van der Waals surface area contributed by atoms with Crippen LogP contribution in [-0.2, 0) is 0 Å². The second-order valence-corrected chi connectivity index (χ2v) is 4.94. The van der Waals surface area contributed by atoms with Crippen LogP contribution in [0.2, 0.25) is 0 Å². The summed E-state index contributed by atoms with van der Waals surface area (Å²) in [5, 5.41) is 8.82. The second-order valence-electron chi connectivity index (χ2n) is 4.94. The Balaban J connectivity index is 2.48. The van der Waals surface area contributed by atoms with Crippen molar-refractivity contribution < 1.29 is 13.9 Å². The Hall–Kier alpha value is -3.48. The van der Waals surface area contributed by atoms with Gasteiger partial charge in [-0.25, -0.2) is 19.2 Å². The Bertz CT molecular complexity index is 1200. The van der Waals surface area contributed by atoms with E-state index in [1.165, 1.54) is 0 Å². The first-order valence-electron chi connectivity index (χ1n) is 6.52. The molecule has 0 radical (unpaired) electrons. The van der Waals surface area contributed by atoms with Crippen LogP contribution in [0, 0.1) is 0 Å². The van der Waals surface area contributed by atoms with Crippen LogP contribution >= 0.6 is 0 Å². The Morgan fingerprint density at radius 3 is 1.57 bits per heavy atom. The molecule has 4 rings (SSSR count). The molecule has 0 saturated carbocycles. The van der Waals surface area contributed by atoms with Crippen LogP contribution in [0.4, 0.5) is 0 Å². The summed E-state index contributed by atoms with van der Waals surface area (Å²) < 4.78 is 9.04. The van der Waals surface area contributed by atoms with Gasteiger partial charge in [-0.1, -0.05) is 30.3 Å². The normalized spacial score (nSPS) is 11.5. The van der Waals surface area contributed by atoms with Gasteiger partial charge in [-0.15, -0.1) is 0 Å². The Morgan fingerprint density at radius 1 is 0.652 bits per heavy atom. The number of benzene rings is 2. The van der Waals surface area contributed by atoms with Crippen LogP contribution in [-0.4, -0.2) is 5.11 Å². The number of aromatic hydroxyl groups is 1. The largest absolute Gasteiger partial charge is 0.506 e. The molecule has 1 N–H and O–H groups in total. The van der Waals surface area contributed by atoms with Crippen molar-refractivity contribution in [3.63, 3.8) is 0 Å². The third-order valence-electron chi connectivity index (χ3n) is 3.72. The van der Waals surface area contributed by atoms with Crippen molar-refractivity contribution in [1.82, 2.24) is 0 Å². The highest BCUT2D eigenvalue weighted by atomic mass is 16.4. The molecule has 4 aromatic rings. The van der Waals surface area contributed by atoms with Gasteiger partial charge in [0.2, 0.25) is 0 Å². The zero-order chi connectivity index (χ0) is 16.3. The predicted octanol–water partition coefficient (Wildman–Crippen LogP) is 0.868. The van der Waals surface area contributed by atoms with E-state index in [0.717, 1.165) is 0 Å². The van der Waals surface area contributed by atoms with E-state index < -0.39 is 39.0 Å². The smallest absolute Gasteiger partial charge is 0.350 e. The van der Waals surface area contributed by atoms with Crippen molar-refractivity contribution in [3.05, 3.63) is 72.0 Å². The molecule has 112 valence electrons. The minimum atomic E-state index is -1.07.